The molecule has 19 heavy (non-hydrogen) atoms. The number of Topliss-reactive ketones (excluding diaryl/α,β-unsaturated/α-hetero) is 1. The predicted octanol–water partition coefficient (Wildman–Crippen LogP) is 0.148. The van der Waals surface area contributed by atoms with E-state index in [0.29, 0.717) is 24.3 Å². The van der Waals surface area contributed by atoms with Gasteiger partial charge in [0, 0.05) is 18.8 Å². The lowest BCUT2D eigenvalue weighted by molar-refractivity contribution is -0.119. The number of benzene rings is 1. The number of anilines is 2. The lowest BCUT2D eigenvalue weighted by Crippen LogP contribution is -2.33. The standard InChI is InChI=1S/C13H13N3O3/c17-11-7-16(5-1-4-14-11)8-2-3-9-10(6-8)15-13(19)12(9)18/h2-3,6H,1,4-5,7H2,(H,14,17)(H,15,18,19). The second-order valence-electron chi connectivity index (χ2n) is 4.64. The second-order valence-corrected chi connectivity index (χ2v) is 4.64. The molecule has 0 aliphatic carbocycles. The Kier molecular flexibility index (Phi) is 2.70. The molecule has 1 aromatic rings. The van der Waals surface area contributed by atoms with Crippen LogP contribution in [0.2, 0.25) is 0 Å². The molecule has 2 aliphatic rings. The van der Waals surface area contributed by atoms with E-state index in [1.54, 1.807) is 18.2 Å². The van der Waals surface area contributed by atoms with Gasteiger partial charge in [-0.25, -0.2) is 0 Å². The molecule has 0 unspecified atom stereocenters. The Morgan fingerprint density at radius 3 is 2.84 bits per heavy atom. The Morgan fingerprint density at radius 1 is 1.16 bits per heavy atom. The van der Waals surface area contributed by atoms with Crippen LogP contribution in [0.15, 0.2) is 18.2 Å². The van der Waals surface area contributed by atoms with E-state index in [2.05, 4.69) is 10.6 Å². The maximum Gasteiger partial charge on any atom is 0.296 e. The van der Waals surface area contributed by atoms with Crippen LogP contribution in [0.3, 0.4) is 0 Å². The monoisotopic (exact) mass is 259 g/mol. The van der Waals surface area contributed by atoms with E-state index in [1.165, 1.54) is 0 Å². The fraction of sp³-hybridized carbons (Fsp3) is 0.308. The van der Waals surface area contributed by atoms with Gasteiger partial charge in [0.2, 0.25) is 5.91 Å². The molecule has 0 radical (unpaired) electrons. The summed E-state index contributed by atoms with van der Waals surface area (Å²) in [6.45, 7) is 1.73. The molecular weight excluding hydrogens is 246 g/mol. The van der Waals surface area contributed by atoms with E-state index in [9.17, 15) is 14.4 Å². The van der Waals surface area contributed by atoms with E-state index in [1.807, 2.05) is 4.90 Å². The number of nitrogens with one attached hydrogen (secondary N) is 2. The molecule has 1 saturated heterocycles. The van der Waals surface area contributed by atoms with Gasteiger partial charge in [-0.2, -0.15) is 0 Å². The fourth-order valence-electron chi connectivity index (χ4n) is 2.36. The minimum absolute atomic E-state index is 0.0156. The summed E-state index contributed by atoms with van der Waals surface area (Å²) in [7, 11) is 0. The van der Waals surface area contributed by atoms with Gasteiger partial charge in [-0.15, -0.1) is 0 Å². The highest BCUT2D eigenvalue weighted by Crippen LogP contribution is 2.28. The van der Waals surface area contributed by atoms with Crippen LogP contribution < -0.4 is 15.5 Å². The van der Waals surface area contributed by atoms with Gasteiger partial charge >= 0.3 is 0 Å². The van der Waals surface area contributed by atoms with Crippen molar-refractivity contribution in [2.75, 3.05) is 29.9 Å². The zero-order valence-corrected chi connectivity index (χ0v) is 10.2. The SMILES string of the molecule is O=C1CN(c2ccc3c(c2)NC(=O)C3=O)CCCN1. The molecule has 0 spiro atoms. The minimum Gasteiger partial charge on any atom is -0.362 e. The van der Waals surface area contributed by atoms with Gasteiger partial charge in [0.05, 0.1) is 17.8 Å². The van der Waals surface area contributed by atoms with Crippen LogP contribution in [0.4, 0.5) is 11.4 Å². The Balaban J connectivity index is 1.90. The molecule has 6 heteroatoms. The Labute approximate surface area is 109 Å². The number of amides is 2. The molecule has 2 amide bonds. The number of carbonyl (C=O) groups is 3. The average molecular weight is 259 g/mol. The molecule has 2 heterocycles. The van der Waals surface area contributed by atoms with Crippen LogP contribution in [0, 0.1) is 0 Å². The summed E-state index contributed by atoms with van der Waals surface area (Å²) in [5.41, 5.74) is 1.76. The van der Waals surface area contributed by atoms with Crippen LogP contribution in [-0.4, -0.2) is 37.2 Å². The molecule has 3 rings (SSSR count). The van der Waals surface area contributed by atoms with Crippen molar-refractivity contribution >= 4 is 29.0 Å². The van der Waals surface area contributed by atoms with E-state index in [-0.39, 0.29) is 5.91 Å². The first-order chi connectivity index (χ1) is 9.15. The summed E-state index contributed by atoms with van der Waals surface area (Å²) in [6, 6.07) is 5.15. The molecule has 1 fully saturated rings. The van der Waals surface area contributed by atoms with Gasteiger partial charge in [-0.1, -0.05) is 0 Å². The summed E-state index contributed by atoms with van der Waals surface area (Å²) < 4.78 is 0. The normalized spacial score (nSPS) is 18.7. The number of hydrogen-bond donors (Lipinski definition) is 2. The minimum atomic E-state index is -0.597. The highest BCUT2D eigenvalue weighted by atomic mass is 16.2. The van der Waals surface area contributed by atoms with Crippen LogP contribution in [-0.2, 0) is 9.59 Å². The molecule has 1 aromatic carbocycles. The van der Waals surface area contributed by atoms with Gasteiger partial charge < -0.3 is 15.5 Å². The summed E-state index contributed by atoms with van der Waals surface area (Å²) in [5, 5.41) is 5.34. The molecule has 2 N–H and O–H groups in total. The number of hydrogen-bond acceptors (Lipinski definition) is 4. The topological polar surface area (TPSA) is 78.5 Å². The largest absolute Gasteiger partial charge is 0.362 e. The third-order valence-electron chi connectivity index (χ3n) is 3.33. The van der Waals surface area contributed by atoms with E-state index < -0.39 is 11.7 Å². The molecule has 98 valence electrons. The molecule has 0 atom stereocenters. The summed E-state index contributed by atoms with van der Waals surface area (Å²) in [5.74, 6) is -1.12. The van der Waals surface area contributed by atoms with Crippen LogP contribution >= 0.6 is 0 Å². The summed E-state index contributed by atoms with van der Waals surface area (Å²) >= 11 is 0. The van der Waals surface area contributed by atoms with Gasteiger partial charge in [0.25, 0.3) is 11.7 Å². The molecule has 2 aliphatic heterocycles. The zero-order chi connectivity index (χ0) is 13.4. The van der Waals surface area contributed by atoms with Crippen LogP contribution in [0.25, 0.3) is 0 Å². The fourth-order valence-corrected chi connectivity index (χ4v) is 2.36. The lowest BCUT2D eigenvalue weighted by atomic mass is 10.1. The smallest absolute Gasteiger partial charge is 0.296 e. The van der Waals surface area contributed by atoms with E-state index in [0.717, 1.165) is 18.7 Å². The first kappa shape index (κ1) is 11.7. The Bertz CT molecular complexity index is 582. The summed E-state index contributed by atoms with van der Waals surface area (Å²) in [6.07, 6.45) is 0.869. The Morgan fingerprint density at radius 2 is 2.00 bits per heavy atom. The quantitative estimate of drug-likeness (QED) is 0.704. The molecular formula is C13H13N3O3. The average Bonchev–Trinajstić information content (AvgIpc) is 2.57. The first-order valence-corrected chi connectivity index (χ1v) is 6.16. The van der Waals surface area contributed by atoms with E-state index in [4.69, 9.17) is 0 Å². The van der Waals surface area contributed by atoms with Crippen molar-refractivity contribution in [3.8, 4) is 0 Å². The van der Waals surface area contributed by atoms with Crippen molar-refractivity contribution in [3.05, 3.63) is 23.8 Å². The maximum atomic E-state index is 11.5. The second kappa shape index (κ2) is 4.38. The highest BCUT2D eigenvalue weighted by molar-refractivity contribution is 6.51. The van der Waals surface area contributed by atoms with Gasteiger partial charge in [0.15, 0.2) is 0 Å². The van der Waals surface area contributed by atoms with Crippen molar-refractivity contribution in [1.82, 2.24) is 5.32 Å². The van der Waals surface area contributed by atoms with Gasteiger partial charge in [-0.3, -0.25) is 14.4 Å². The van der Waals surface area contributed by atoms with Crippen molar-refractivity contribution in [2.24, 2.45) is 0 Å². The lowest BCUT2D eigenvalue weighted by Gasteiger charge is -2.21. The number of carbonyl (C=O) groups excluding carboxylic acids is 3. The van der Waals surface area contributed by atoms with Gasteiger partial charge in [-0.05, 0) is 24.6 Å². The predicted molar refractivity (Wildman–Crippen MR) is 69.2 cm³/mol. The van der Waals surface area contributed by atoms with Crippen LogP contribution in [0.1, 0.15) is 16.8 Å². The third-order valence-corrected chi connectivity index (χ3v) is 3.33. The third kappa shape index (κ3) is 2.05. The maximum absolute atomic E-state index is 11.5. The van der Waals surface area contributed by atoms with Crippen molar-refractivity contribution < 1.29 is 14.4 Å². The summed E-state index contributed by atoms with van der Waals surface area (Å²) in [4.78, 5) is 36.3. The van der Waals surface area contributed by atoms with Crippen LogP contribution in [0.5, 0.6) is 0 Å². The highest BCUT2D eigenvalue weighted by Gasteiger charge is 2.28. The molecule has 0 aromatic heterocycles. The van der Waals surface area contributed by atoms with Crippen molar-refractivity contribution in [1.29, 1.82) is 0 Å². The Hall–Kier alpha value is -2.37. The first-order valence-electron chi connectivity index (χ1n) is 6.16. The van der Waals surface area contributed by atoms with Gasteiger partial charge in [0.1, 0.15) is 0 Å². The number of rotatable bonds is 1. The molecule has 0 saturated carbocycles. The number of nitrogens with zero attached hydrogens (tertiary/aromatic N) is 1. The zero-order valence-electron chi connectivity index (χ0n) is 10.2. The van der Waals surface area contributed by atoms with Crippen molar-refractivity contribution in [2.45, 2.75) is 6.42 Å². The van der Waals surface area contributed by atoms with Crippen molar-refractivity contribution in [3.63, 3.8) is 0 Å². The van der Waals surface area contributed by atoms with E-state index >= 15 is 0 Å². The molecule has 6 nitrogen and oxygen atoms in total. The number of fused-ring (bicyclic) bond motifs is 1. The molecule has 0 bridgehead atoms. The number of ketones is 1.